The van der Waals surface area contributed by atoms with E-state index in [9.17, 15) is 0 Å². The second-order valence-corrected chi connectivity index (χ2v) is 22.2. The molecule has 0 aromatic heterocycles. The van der Waals surface area contributed by atoms with Crippen LogP contribution < -0.4 is 37.2 Å². The molecule has 7 heteroatoms. The Morgan fingerprint density at radius 3 is 0.643 bits per heavy atom. The molecule has 324 valence electrons. The van der Waals surface area contributed by atoms with Crippen molar-refractivity contribution in [1.82, 2.24) is 37.2 Å². The summed E-state index contributed by atoms with van der Waals surface area (Å²) >= 11 is 0. The van der Waals surface area contributed by atoms with Gasteiger partial charge in [-0.05, 0) is 200 Å². The second-order valence-electron chi connectivity index (χ2n) is 22.2. The van der Waals surface area contributed by atoms with Crippen molar-refractivity contribution in [2.24, 2.45) is 32.5 Å². The van der Waals surface area contributed by atoms with Crippen molar-refractivity contribution >= 4 is 0 Å². The number of hydrogen-bond donors (Lipinski definition) is 7. The summed E-state index contributed by atoms with van der Waals surface area (Å²) in [5, 5.41) is 23.5. The Balaban J connectivity index is 0.000000101. The fraction of sp³-hybridized carbons (Fsp3) is 1.00. The van der Waals surface area contributed by atoms with Crippen molar-refractivity contribution in [2.45, 2.75) is 186 Å². The Morgan fingerprint density at radius 2 is 0.429 bits per heavy atom. The molecule has 6 aliphatic carbocycles. The quantitative estimate of drug-likeness (QED) is 0.133. The molecule has 6 saturated carbocycles. The smallest absolute Gasteiger partial charge is 0.00202 e. The number of piperidine rings is 2. The molecule has 0 atom stereocenters. The second kappa shape index (κ2) is 21.5. The van der Waals surface area contributed by atoms with Gasteiger partial charge in [-0.15, -0.1) is 0 Å². The summed E-state index contributed by atoms with van der Waals surface area (Å²) in [6.07, 6.45) is 43.0. The highest BCUT2D eigenvalue weighted by Gasteiger charge is 2.42. The average Bonchev–Trinajstić information content (AvgIpc) is 4.00. The van der Waals surface area contributed by atoms with Crippen molar-refractivity contribution in [2.75, 3.05) is 91.6 Å². The third kappa shape index (κ3) is 12.4. The van der Waals surface area contributed by atoms with Crippen molar-refractivity contribution in [1.29, 1.82) is 0 Å². The van der Waals surface area contributed by atoms with Crippen LogP contribution >= 0.6 is 0 Å². The molecule has 13 rings (SSSR count). The standard InChI is InChI=1S/C9H17N.2C8H15N.2C7H13N.C6H11N.C4H9N/c1-2-4-9(3-1)5-7-10-8-6-9;1-2-8(3-1)4-6-9-7-5-8;1-2-4-8(5-3-1)6-9-7-8;1-2-7(3-1)4-5-8-6-7;1-2-4-7(3-1)5-8-6-7;1-2-6(3-1)4-7-5-6;1-2-4-5-3-1/h10H,1-8H2;2*9H,1-7H2;2*8H,1-6H2;7H,1-5H2;5H,1-4H2. The topological polar surface area (TPSA) is 84.2 Å². The van der Waals surface area contributed by atoms with Gasteiger partial charge in [0.05, 0.1) is 0 Å². The van der Waals surface area contributed by atoms with E-state index in [1.165, 1.54) is 278 Å². The highest BCUT2D eigenvalue weighted by Crippen LogP contribution is 2.48. The van der Waals surface area contributed by atoms with Crippen LogP contribution in [0.15, 0.2) is 0 Å². The van der Waals surface area contributed by atoms with E-state index in [-0.39, 0.29) is 0 Å². The molecular weight excluding hydrogens is 687 g/mol. The lowest BCUT2D eigenvalue weighted by molar-refractivity contribution is 0.0603. The summed E-state index contributed by atoms with van der Waals surface area (Å²) in [4.78, 5) is 0. The van der Waals surface area contributed by atoms with Gasteiger partial charge in [0.25, 0.3) is 0 Å². The Labute approximate surface area is 346 Å². The number of hydrogen-bond acceptors (Lipinski definition) is 7. The zero-order chi connectivity index (χ0) is 38.4. The fourth-order valence-corrected chi connectivity index (χ4v) is 12.8. The molecule has 0 bridgehead atoms. The fourth-order valence-electron chi connectivity index (χ4n) is 12.8. The predicted molar refractivity (Wildman–Crippen MR) is 239 cm³/mol. The van der Waals surface area contributed by atoms with Crippen molar-refractivity contribution < 1.29 is 0 Å². The molecule has 0 amide bonds. The van der Waals surface area contributed by atoms with Gasteiger partial charge in [-0.3, -0.25) is 0 Å². The van der Waals surface area contributed by atoms with E-state index in [0.717, 1.165) is 32.5 Å². The van der Waals surface area contributed by atoms with E-state index in [2.05, 4.69) is 37.2 Å². The van der Waals surface area contributed by atoms with Crippen molar-refractivity contribution in [3.05, 3.63) is 0 Å². The van der Waals surface area contributed by atoms with Crippen LogP contribution in [0.25, 0.3) is 0 Å². The molecule has 7 N–H and O–H groups in total. The molecule has 0 aromatic rings. The summed E-state index contributed by atoms with van der Waals surface area (Å²) in [5.74, 6) is 0. The first kappa shape index (κ1) is 43.8. The molecule has 56 heavy (non-hydrogen) atoms. The maximum atomic E-state index is 3.44. The molecule has 13 fully saturated rings. The van der Waals surface area contributed by atoms with Gasteiger partial charge >= 0.3 is 0 Å². The SMILES string of the molecule is C1CC2(C1)CCNC2.C1CC2(C1)CCNCC2.C1CC2(C1)CNC2.C1CCC2(C1)CCNCC2.C1CCC2(C1)CNC2.C1CCC2(CC1)CNC2.C1CCNC1. The van der Waals surface area contributed by atoms with Crippen LogP contribution in [0.5, 0.6) is 0 Å². The first-order chi connectivity index (χ1) is 27.5. The summed E-state index contributed by atoms with van der Waals surface area (Å²) in [5.41, 5.74) is 4.88. The van der Waals surface area contributed by atoms with E-state index < -0.39 is 0 Å². The van der Waals surface area contributed by atoms with Crippen LogP contribution in [0, 0.1) is 32.5 Å². The summed E-state index contributed by atoms with van der Waals surface area (Å²) in [6.45, 7) is 18.1. The molecule has 6 spiro atoms. The van der Waals surface area contributed by atoms with Gasteiger partial charge in [-0.2, -0.15) is 0 Å². The molecule has 0 aromatic carbocycles. The van der Waals surface area contributed by atoms with Gasteiger partial charge in [0.15, 0.2) is 0 Å². The average molecular weight is 780 g/mol. The van der Waals surface area contributed by atoms with E-state index in [1.54, 1.807) is 0 Å². The molecule has 7 saturated heterocycles. The zero-order valence-corrected chi connectivity index (χ0v) is 36.9. The minimum absolute atomic E-state index is 0.790. The van der Waals surface area contributed by atoms with Gasteiger partial charge in [-0.25, -0.2) is 0 Å². The van der Waals surface area contributed by atoms with Crippen LogP contribution in [0.1, 0.15) is 186 Å². The minimum atomic E-state index is 0.790. The Hall–Kier alpha value is -0.280. The lowest BCUT2D eigenvalue weighted by atomic mass is 9.63. The van der Waals surface area contributed by atoms with Crippen molar-refractivity contribution in [3.63, 3.8) is 0 Å². The summed E-state index contributed by atoms with van der Waals surface area (Å²) < 4.78 is 0. The van der Waals surface area contributed by atoms with Crippen LogP contribution in [-0.4, -0.2) is 91.6 Å². The maximum absolute atomic E-state index is 3.44. The minimum Gasteiger partial charge on any atom is -0.317 e. The van der Waals surface area contributed by atoms with E-state index in [4.69, 9.17) is 0 Å². The zero-order valence-electron chi connectivity index (χ0n) is 36.9. The van der Waals surface area contributed by atoms with Gasteiger partial charge < -0.3 is 37.2 Å². The Morgan fingerprint density at radius 1 is 0.161 bits per heavy atom. The van der Waals surface area contributed by atoms with E-state index in [0.29, 0.717) is 0 Å². The lowest BCUT2D eigenvalue weighted by Gasteiger charge is -2.49. The van der Waals surface area contributed by atoms with Crippen LogP contribution in [0.4, 0.5) is 0 Å². The van der Waals surface area contributed by atoms with E-state index in [1.807, 2.05) is 0 Å². The number of nitrogens with one attached hydrogen (secondary N) is 7. The van der Waals surface area contributed by atoms with E-state index >= 15 is 0 Å². The summed E-state index contributed by atoms with van der Waals surface area (Å²) in [7, 11) is 0. The highest BCUT2D eigenvalue weighted by atomic mass is 15.0. The van der Waals surface area contributed by atoms with Crippen LogP contribution in [0.3, 0.4) is 0 Å². The molecule has 7 heterocycles. The van der Waals surface area contributed by atoms with Gasteiger partial charge in [-0.1, -0.05) is 64.2 Å². The summed E-state index contributed by atoms with van der Waals surface area (Å²) in [6, 6.07) is 0. The molecule has 7 aliphatic heterocycles. The molecule has 7 nitrogen and oxygen atoms in total. The maximum Gasteiger partial charge on any atom is 0.00202 e. The van der Waals surface area contributed by atoms with Crippen molar-refractivity contribution in [3.8, 4) is 0 Å². The number of rotatable bonds is 0. The van der Waals surface area contributed by atoms with Gasteiger partial charge in [0.2, 0.25) is 0 Å². The molecule has 13 aliphatic rings. The Kier molecular flexibility index (Phi) is 16.8. The largest absolute Gasteiger partial charge is 0.317 e. The molecule has 0 radical (unpaired) electrons. The Bertz CT molecular complexity index is 973. The van der Waals surface area contributed by atoms with Gasteiger partial charge in [0, 0.05) is 45.8 Å². The predicted octanol–water partition coefficient (Wildman–Crippen LogP) is 8.44. The first-order valence-electron chi connectivity index (χ1n) is 25.4. The highest BCUT2D eigenvalue weighted by molar-refractivity contribution is 4.98. The lowest BCUT2D eigenvalue weighted by Crippen LogP contribution is -2.57. The molecular formula is C49H93N7. The first-order valence-corrected chi connectivity index (χ1v) is 25.4. The normalized spacial score (nSPS) is 31.7. The van der Waals surface area contributed by atoms with Gasteiger partial charge in [0.1, 0.15) is 0 Å². The third-order valence-electron chi connectivity index (χ3n) is 18.1. The van der Waals surface area contributed by atoms with Crippen LogP contribution in [0.2, 0.25) is 0 Å². The molecule has 0 unspecified atom stereocenters. The monoisotopic (exact) mass is 780 g/mol. The van der Waals surface area contributed by atoms with Crippen LogP contribution in [-0.2, 0) is 0 Å². The third-order valence-corrected chi connectivity index (χ3v) is 18.1.